The van der Waals surface area contributed by atoms with Gasteiger partial charge in [0.1, 0.15) is 0 Å². The van der Waals surface area contributed by atoms with Crippen molar-refractivity contribution in [1.82, 2.24) is 0 Å². The molecular formula is C32H50FIO8S2. The molecule has 0 aliphatic rings. The molecule has 0 heterocycles. The summed E-state index contributed by atoms with van der Waals surface area (Å²) in [5.74, 6) is 0.440. The second-order valence-electron chi connectivity index (χ2n) is 10.7. The molecule has 0 saturated carbocycles. The molecule has 0 aliphatic carbocycles. The summed E-state index contributed by atoms with van der Waals surface area (Å²) in [5, 5.41) is 0. The van der Waals surface area contributed by atoms with Gasteiger partial charge < -0.3 is 0 Å². The molecule has 0 aromatic heterocycles. The van der Waals surface area contributed by atoms with E-state index in [1.54, 1.807) is 0 Å². The Morgan fingerprint density at radius 2 is 0.932 bits per heavy atom. The molecule has 0 bridgehead atoms. The summed E-state index contributed by atoms with van der Waals surface area (Å²) in [5.41, 5.74) is 0. The predicted molar refractivity (Wildman–Crippen MR) is 182 cm³/mol. The van der Waals surface area contributed by atoms with Crippen molar-refractivity contribution in [1.29, 1.82) is 0 Å². The van der Waals surface area contributed by atoms with Crippen LogP contribution in [0.3, 0.4) is 0 Å². The molecule has 0 N–H and O–H groups in total. The van der Waals surface area contributed by atoms with Crippen LogP contribution in [0.25, 0.3) is 0 Å². The second kappa shape index (κ2) is 22.1. The number of hydrogen-bond acceptors (Lipinski definition) is 8. The van der Waals surface area contributed by atoms with Gasteiger partial charge in [0.15, 0.2) is 0 Å². The molecule has 44 heavy (non-hydrogen) atoms. The zero-order chi connectivity index (χ0) is 32.1. The van der Waals surface area contributed by atoms with E-state index in [-0.39, 0.29) is 18.6 Å². The Morgan fingerprint density at radius 3 is 1.34 bits per heavy atom. The molecular weight excluding hydrogens is 722 g/mol. The van der Waals surface area contributed by atoms with Crippen molar-refractivity contribution in [3.05, 3.63) is 55.7 Å². The van der Waals surface area contributed by atoms with Crippen molar-refractivity contribution in [2.24, 2.45) is 0 Å². The van der Waals surface area contributed by atoms with Crippen LogP contribution in [-0.4, -0.2) is 41.6 Å². The zero-order valence-corrected chi connectivity index (χ0v) is 30.0. The Kier molecular flexibility index (Phi) is 19.5. The van der Waals surface area contributed by atoms with Gasteiger partial charge >= 0.3 is 260 Å². The number of halogens is 2. The van der Waals surface area contributed by atoms with Gasteiger partial charge in [-0.15, -0.1) is 0 Å². The number of hydrogen-bond donors (Lipinski definition) is 0. The molecule has 0 atom stereocenters. The third-order valence-electron chi connectivity index (χ3n) is 6.85. The maximum absolute atomic E-state index is 13.0. The van der Waals surface area contributed by atoms with Gasteiger partial charge in [0.05, 0.1) is 0 Å². The van der Waals surface area contributed by atoms with Crippen LogP contribution in [0.5, 0.6) is 11.5 Å². The molecule has 0 unspecified atom stereocenters. The van der Waals surface area contributed by atoms with Crippen LogP contribution in [0.1, 0.15) is 104 Å². The molecule has 8 nitrogen and oxygen atoms in total. The average Bonchev–Trinajstić information content (AvgIpc) is 3.02. The fraction of sp³-hybridized carbons (Fsp3) is 0.625. The zero-order valence-electron chi connectivity index (χ0n) is 26.2. The Balaban J connectivity index is 2.05. The number of ether oxygens (including phenoxy) is 2. The van der Waals surface area contributed by atoms with Crippen molar-refractivity contribution in [3.63, 3.8) is 0 Å². The van der Waals surface area contributed by atoms with Gasteiger partial charge in [0, 0.05) is 0 Å². The van der Waals surface area contributed by atoms with Crippen LogP contribution in [0, 0.1) is 7.14 Å². The van der Waals surface area contributed by atoms with Crippen LogP contribution in [-0.2, 0) is 27.1 Å². The van der Waals surface area contributed by atoms with Crippen molar-refractivity contribution in [2.45, 2.75) is 104 Å². The van der Waals surface area contributed by atoms with Crippen molar-refractivity contribution >= 4 is 40.5 Å². The molecule has 0 spiro atoms. The Morgan fingerprint density at radius 1 is 0.545 bits per heavy atom. The van der Waals surface area contributed by atoms with Gasteiger partial charge in [-0.25, -0.2) is 0 Å². The molecule has 12 heteroatoms. The van der Waals surface area contributed by atoms with E-state index >= 15 is 0 Å². The summed E-state index contributed by atoms with van der Waals surface area (Å²) in [7, 11) is -8.30. The normalized spacial score (nSPS) is 12.3. The molecule has 0 amide bonds. The minimum atomic E-state index is -4.30. The third kappa shape index (κ3) is 16.7. The van der Waals surface area contributed by atoms with Crippen LogP contribution in [0.4, 0.5) is 4.53 Å². The summed E-state index contributed by atoms with van der Waals surface area (Å²) in [6.45, 7) is 5.65. The first-order valence-electron chi connectivity index (χ1n) is 15.8. The monoisotopic (exact) mass is 772 g/mol. The van der Waals surface area contributed by atoms with Gasteiger partial charge in [0.2, 0.25) is 0 Å². The van der Waals surface area contributed by atoms with Crippen LogP contribution in [0.15, 0.2) is 48.5 Å². The minimum absolute atomic E-state index is 0.00858. The molecule has 0 saturated heterocycles. The number of rotatable bonds is 26. The van der Waals surface area contributed by atoms with Crippen molar-refractivity contribution < 1.29 is 37.7 Å². The van der Waals surface area contributed by atoms with Gasteiger partial charge in [-0.3, -0.25) is 0 Å². The van der Waals surface area contributed by atoms with E-state index in [2.05, 4.69) is 18.2 Å². The molecule has 2 aromatic carbocycles. The number of unbranched alkanes of at least 4 members (excludes halogenated alkanes) is 11. The second-order valence-corrected chi connectivity index (χ2v) is 19.0. The fourth-order valence-electron chi connectivity index (χ4n) is 4.35. The fourth-order valence-corrected chi connectivity index (χ4v) is 12.1. The van der Waals surface area contributed by atoms with E-state index in [0.717, 1.165) is 44.3 Å². The van der Waals surface area contributed by atoms with Crippen LogP contribution < -0.4 is 9.47 Å². The van der Waals surface area contributed by atoms with E-state index in [1.807, 2.05) is 48.5 Å². The standard InChI is InChI=1S/C32H50FIO8S2/c1-3-5-7-9-11-13-25-39-31-21-17-29(18-22-31)34(42-44(37,38)28-16-15-27-43(35,36)41-33)30-19-23-32(24-20-30)40-26-14-12-10-8-6-4-2/h17-24H,3-16,25-28H2,1-2H3. The molecule has 0 radical (unpaired) electrons. The van der Waals surface area contributed by atoms with E-state index < -0.39 is 46.2 Å². The van der Waals surface area contributed by atoms with Gasteiger partial charge in [0.25, 0.3) is 0 Å². The van der Waals surface area contributed by atoms with Crippen LogP contribution in [0.2, 0.25) is 0 Å². The SMILES string of the molecule is CCCCCCCCOc1ccc(I(OS(=O)(=O)CCCCS(=O)(=O)OF)c2ccc(OCCCCCCCC)cc2)cc1. The average molecular weight is 773 g/mol. The molecule has 252 valence electrons. The summed E-state index contributed by atoms with van der Waals surface area (Å²) in [6.07, 6.45) is 14.0. The summed E-state index contributed by atoms with van der Waals surface area (Å²) >= 11 is -2.94. The van der Waals surface area contributed by atoms with Crippen molar-refractivity contribution in [3.8, 4) is 11.5 Å². The Hall–Kier alpha value is -1.48. The van der Waals surface area contributed by atoms with E-state index in [0.29, 0.717) is 13.2 Å². The molecule has 0 aliphatic heterocycles. The molecule has 2 aromatic rings. The summed E-state index contributed by atoms with van der Waals surface area (Å²) in [6, 6.07) is 14.8. The first-order valence-corrected chi connectivity index (χ1v) is 22.0. The number of benzene rings is 2. The molecule has 2 rings (SSSR count). The van der Waals surface area contributed by atoms with Gasteiger partial charge in [-0.05, 0) is 0 Å². The quantitative estimate of drug-likeness (QED) is 0.0690. The van der Waals surface area contributed by atoms with E-state index in [9.17, 15) is 21.4 Å². The van der Waals surface area contributed by atoms with E-state index in [1.165, 1.54) is 51.4 Å². The summed E-state index contributed by atoms with van der Waals surface area (Å²) in [4.78, 5) is 0. The van der Waals surface area contributed by atoms with Gasteiger partial charge in [-0.2, -0.15) is 0 Å². The Labute approximate surface area is 272 Å². The first-order chi connectivity index (χ1) is 21.2. The first kappa shape index (κ1) is 38.7. The third-order valence-corrected chi connectivity index (χ3v) is 15.4. The van der Waals surface area contributed by atoms with Crippen LogP contribution >= 0.6 is 20.2 Å². The Bertz CT molecular complexity index is 1180. The molecule has 0 fully saturated rings. The predicted octanol–water partition coefficient (Wildman–Crippen LogP) is 8.98. The summed E-state index contributed by atoms with van der Waals surface area (Å²) < 4.78 is 82.6. The van der Waals surface area contributed by atoms with Gasteiger partial charge in [-0.1, -0.05) is 13.8 Å². The topological polar surface area (TPSA) is 105 Å². The van der Waals surface area contributed by atoms with Crippen molar-refractivity contribution in [2.75, 3.05) is 24.7 Å². The van der Waals surface area contributed by atoms with E-state index in [4.69, 9.17) is 12.0 Å². The maximum atomic E-state index is 13.0.